The van der Waals surface area contributed by atoms with Crippen LogP contribution >= 0.6 is 15.9 Å². The molecule has 0 spiro atoms. The maximum atomic E-state index is 11.9. The third-order valence-corrected chi connectivity index (χ3v) is 10.5. The first-order valence-corrected chi connectivity index (χ1v) is 11.0. The summed E-state index contributed by atoms with van der Waals surface area (Å²) < 4.78 is 1.34. The first kappa shape index (κ1) is 16.3. The zero-order chi connectivity index (χ0) is 16.7. The Labute approximate surface area is 156 Å². The van der Waals surface area contributed by atoms with Crippen LogP contribution in [0.2, 0.25) is 4.82 Å². The van der Waals surface area contributed by atoms with Crippen molar-refractivity contribution >= 4 is 35.3 Å². The Kier molecular flexibility index (Phi) is 4.50. The van der Waals surface area contributed by atoms with Crippen molar-refractivity contribution in [1.82, 2.24) is 0 Å². The molecule has 2 bridgehead atoms. The van der Waals surface area contributed by atoms with E-state index in [0.717, 1.165) is 12.0 Å². The Morgan fingerprint density at radius 1 is 1.00 bits per heavy atom. The molecule has 5 heteroatoms. The standard InChI is InChI=1S/C19H18BrNO2Se/c20-17-14-11-15(19(17)24-13-9-5-2-6-10-13)18(21(22)23)16(14)12-7-3-1-4-8-12/h1-10,14-19H,11H2. The molecule has 2 aliphatic carbocycles. The van der Waals surface area contributed by atoms with E-state index in [0.29, 0.717) is 15.6 Å². The number of hydrogen-bond donors (Lipinski definition) is 0. The zero-order valence-electron chi connectivity index (χ0n) is 13.0. The molecule has 0 aromatic heterocycles. The Hall–Kier alpha value is -1.16. The number of nitro groups is 1. The van der Waals surface area contributed by atoms with Crippen molar-refractivity contribution in [2.45, 2.75) is 28.0 Å². The summed E-state index contributed by atoms with van der Waals surface area (Å²) in [7, 11) is 0. The predicted molar refractivity (Wildman–Crippen MR) is 99.9 cm³/mol. The van der Waals surface area contributed by atoms with Gasteiger partial charge in [-0.1, -0.05) is 0 Å². The molecule has 4 rings (SSSR count). The van der Waals surface area contributed by atoms with Gasteiger partial charge in [0.2, 0.25) is 0 Å². The Bertz CT molecular complexity index is 725. The van der Waals surface area contributed by atoms with Gasteiger partial charge >= 0.3 is 156 Å². The molecule has 124 valence electrons. The Morgan fingerprint density at radius 3 is 2.25 bits per heavy atom. The summed E-state index contributed by atoms with van der Waals surface area (Å²) in [6, 6.07) is 20.1. The van der Waals surface area contributed by atoms with Crippen LogP contribution in [-0.4, -0.2) is 30.7 Å². The first-order valence-electron chi connectivity index (χ1n) is 8.21. The molecule has 24 heavy (non-hydrogen) atoms. The molecule has 2 aromatic rings. The second kappa shape index (κ2) is 6.62. The van der Waals surface area contributed by atoms with Crippen LogP contribution in [0.25, 0.3) is 0 Å². The molecular weight excluding hydrogens is 433 g/mol. The normalized spacial score (nSPS) is 34.4. The summed E-state index contributed by atoms with van der Waals surface area (Å²) in [6.07, 6.45) is 0.973. The molecule has 6 atom stereocenters. The van der Waals surface area contributed by atoms with Crippen LogP contribution in [0.3, 0.4) is 0 Å². The molecule has 0 N–H and O–H groups in total. The Balaban J connectivity index is 1.64. The van der Waals surface area contributed by atoms with Gasteiger partial charge in [-0.2, -0.15) is 0 Å². The summed E-state index contributed by atoms with van der Waals surface area (Å²) in [5.74, 6) is 0.585. The number of rotatable bonds is 4. The number of benzene rings is 2. The van der Waals surface area contributed by atoms with Gasteiger partial charge in [-0.25, -0.2) is 0 Å². The van der Waals surface area contributed by atoms with Crippen molar-refractivity contribution in [2.24, 2.45) is 11.8 Å². The molecular formula is C19H18BrNO2Se. The van der Waals surface area contributed by atoms with Crippen molar-refractivity contribution in [1.29, 1.82) is 0 Å². The number of fused-ring (bicyclic) bond motifs is 2. The fraction of sp³-hybridized carbons (Fsp3) is 0.368. The van der Waals surface area contributed by atoms with E-state index in [1.807, 2.05) is 24.3 Å². The minimum absolute atomic E-state index is 0.00468. The molecule has 0 radical (unpaired) electrons. The van der Waals surface area contributed by atoms with Gasteiger partial charge in [-0.05, 0) is 0 Å². The van der Waals surface area contributed by atoms with Crippen LogP contribution in [0.15, 0.2) is 60.7 Å². The monoisotopic (exact) mass is 451 g/mol. The third kappa shape index (κ3) is 2.73. The van der Waals surface area contributed by atoms with Crippen molar-refractivity contribution in [2.75, 3.05) is 0 Å². The molecule has 2 aromatic carbocycles. The molecule has 2 fully saturated rings. The molecule has 0 saturated heterocycles. The summed E-state index contributed by atoms with van der Waals surface area (Å²) in [6.45, 7) is 0. The van der Waals surface area contributed by atoms with Crippen molar-refractivity contribution < 1.29 is 4.92 Å². The number of nitrogens with zero attached hydrogens (tertiary/aromatic N) is 1. The van der Waals surface area contributed by atoms with Gasteiger partial charge < -0.3 is 0 Å². The van der Waals surface area contributed by atoms with Crippen molar-refractivity contribution in [3.63, 3.8) is 0 Å². The van der Waals surface area contributed by atoms with Gasteiger partial charge in [0.25, 0.3) is 0 Å². The molecule has 0 amide bonds. The van der Waals surface area contributed by atoms with Crippen LogP contribution in [0.4, 0.5) is 0 Å². The van der Waals surface area contributed by atoms with Gasteiger partial charge in [-0.3, -0.25) is 0 Å². The second-order valence-electron chi connectivity index (χ2n) is 6.62. The van der Waals surface area contributed by atoms with E-state index in [9.17, 15) is 10.1 Å². The van der Waals surface area contributed by atoms with Crippen LogP contribution in [-0.2, 0) is 0 Å². The molecule has 6 unspecified atom stereocenters. The van der Waals surface area contributed by atoms with Crippen LogP contribution < -0.4 is 4.46 Å². The number of halogens is 1. The molecule has 2 saturated carbocycles. The fourth-order valence-electron chi connectivity index (χ4n) is 4.47. The summed E-state index contributed by atoms with van der Waals surface area (Å²) in [5.41, 5.74) is 1.13. The topological polar surface area (TPSA) is 43.1 Å². The second-order valence-corrected chi connectivity index (χ2v) is 10.3. The quantitative estimate of drug-likeness (QED) is 0.309. The van der Waals surface area contributed by atoms with E-state index in [4.69, 9.17) is 0 Å². The van der Waals surface area contributed by atoms with Crippen LogP contribution in [0.1, 0.15) is 17.9 Å². The fourth-order valence-corrected chi connectivity index (χ4v) is 8.92. The summed E-state index contributed by atoms with van der Waals surface area (Å²) in [5, 5.41) is 11.9. The van der Waals surface area contributed by atoms with E-state index < -0.39 is 6.04 Å². The van der Waals surface area contributed by atoms with E-state index in [1.54, 1.807) is 0 Å². The van der Waals surface area contributed by atoms with Crippen molar-refractivity contribution in [3.05, 3.63) is 76.3 Å². The minimum atomic E-state index is -0.443. The predicted octanol–water partition coefficient (Wildman–Crippen LogP) is 3.65. The third-order valence-electron chi connectivity index (χ3n) is 5.40. The molecule has 2 aliphatic rings. The maximum absolute atomic E-state index is 11.9. The average Bonchev–Trinajstić information content (AvgIpc) is 3.14. The van der Waals surface area contributed by atoms with E-state index in [2.05, 4.69) is 52.3 Å². The molecule has 0 aliphatic heterocycles. The van der Waals surface area contributed by atoms with Crippen LogP contribution in [0.5, 0.6) is 0 Å². The molecule has 3 nitrogen and oxygen atoms in total. The average molecular weight is 451 g/mol. The van der Waals surface area contributed by atoms with Gasteiger partial charge in [0, 0.05) is 0 Å². The number of alkyl halides is 1. The van der Waals surface area contributed by atoms with Gasteiger partial charge in [0.1, 0.15) is 0 Å². The van der Waals surface area contributed by atoms with Gasteiger partial charge in [-0.15, -0.1) is 0 Å². The molecule has 0 heterocycles. The van der Waals surface area contributed by atoms with Gasteiger partial charge in [0.15, 0.2) is 0 Å². The van der Waals surface area contributed by atoms with Crippen molar-refractivity contribution in [3.8, 4) is 0 Å². The SMILES string of the molecule is O=[N+]([O-])C1C2CC(C(Br)C2[Se]c2ccccc2)C1c1ccccc1. The Morgan fingerprint density at radius 2 is 1.62 bits per heavy atom. The van der Waals surface area contributed by atoms with E-state index in [-0.39, 0.29) is 31.7 Å². The van der Waals surface area contributed by atoms with E-state index >= 15 is 0 Å². The number of hydrogen-bond acceptors (Lipinski definition) is 2. The van der Waals surface area contributed by atoms with E-state index in [1.165, 1.54) is 4.46 Å². The zero-order valence-corrected chi connectivity index (χ0v) is 16.3. The summed E-state index contributed by atoms with van der Waals surface area (Å²) in [4.78, 5) is 12.7. The first-order chi connectivity index (χ1) is 11.7. The van der Waals surface area contributed by atoms with Gasteiger partial charge in [0.05, 0.1) is 0 Å². The summed E-state index contributed by atoms with van der Waals surface area (Å²) >= 11 is 4.20. The van der Waals surface area contributed by atoms with Crippen LogP contribution in [0, 0.1) is 22.0 Å².